The minimum Gasteiger partial charge on any atom is -0.493 e. The molecule has 2 rings (SSSR count). The minimum absolute atomic E-state index is 0. The molecule has 0 saturated carbocycles. The molecule has 9 nitrogen and oxygen atoms in total. The van der Waals surface area contributed by atoms with Crippen molar-refractivity contribution >= 4 is 22.8 Å². The minimum atomic E-state index is -0.991. The highest BCUT2D eigenvalue weighted by molar-refractivity contribution is 6.67. The van der Waals surface area contributed by atoms with Crippen LogP contribution in [0.1, 0.15) is 41.0 Å². The smallest absolute Gasteiger partial charge is 0.335 e. The van der Waals surface area contributed by atoms with Crippen LogP contribution < -0.4 is 18.9 Å². The van der Waals surface area contributed by atoms with Crippen molar-refractivity contribution in [3.05, 3.63) is 47.5 Å². The topological polar surface area (TPSA) is 110 Å². The summed E-state index contributed by atoms with van der Waals surface area (Å²) in [5, 5.41) is 8.35. The van der Waals surface area contributed by atoms with Crippen LogP contribution in [0, 0.1) is 0 Å². The molecule has 0 spiro atoms. The van der Waals surface area contributed by atoms with Gasteiger partial charge < -0.3 is 33.5 Å². The number of carbonyl (C=O) groups is 2. The number of carboxylic acid groups (broad SMARTS) is 1. The average Bonchev–Trinajstić information content (AvgIpc) is 2.84. The highest BCUT2D eigenvalue weighted by atomic mass is 35.5. The molecule has 196 valence electrons. The van der Waals surface area contributed by atoms with E-state index < -0.39 is 11.2 Å². The Morgan fingerprint density at radius 3 is 1.51 bits per heavy atom. The molecule has 2 aromatic rings. The fourth-order valence-electron chi connectivity index (χ4n) is 2.61. The first-order chi connectivity index (χ1) is 16.4. The maximum absolute atomic E-state index is 11.0. The maximum atomic E-state index is 11.0. The zero-order valence-corrected chi connectivity index (χ0v) is 20.6. The van der Waals surface area contributed by atoms with E-state index in [1.807, 2.05) is 0 Å². The Morgan fingerprint density at radius 1 is 0.714 bits per heavy atom. The zero-order chi connectivity index (χ0) is 25.3. The highest BCUT2D eigenvalue weighted by Gasteiger charge is 2.10. The quantitative estimate of drug-likeness (QED) is 0.277. The monoisotopic (exact) mass is 514 g/mol. The van der Waals surface area contributed by atoms with Gasteiger partial charge >= 0.3 is 5.97 Å². The lowest BCUT2D eigenvalue weighted by molar-refractivity contribution is 0.0696. The molecule has 1 N–H and O–H groups in total. The molecule has 0 aliphatic heterocycles. The number of hydrogen-bond donors (Lipinski definition) is 1. The maximum Gasteiger partial charge on any atom is 0.335 e. The third-order valence-corrected chi connectivity index (χ3v) is 4.52. The summed E-state index contributed by atoms with van der Waals surface area (Å²) < 4.78 is 31.0. The Hall–Kier alpha value is -3.01. The highest BCUT2D eigenvalue weighted by Crippen LogP contribution is 2.29. The molecule has 0 heterocycles. The van der Waals surface area contributed by atoms with E-state index in [1.165, 1.54) is 19.2 Å². The Balaban J connectivity index is 0.000000642. The lowest BCUT2D eigenvalue weighted by Gasteiger charge is -2.11. The van der Waals surface area contributed by atoms with Gasteiger partial charge in [0.2, 0.25) is 0 Å². The van der Waals surface area contributed by atoms with Gasteiger partial charge in [0.15, 0.2) is 23.0 Å². The van der Waals surface area contributed by atoms with Crippen LogP contribution in [0.25, 0.3) is 0 Å². The summed E-state index contributed by atoms with van der Waals surface area (Å²) in [7, 11) is 6.30. The molecular formula is C25H35ClO9. The fraction of sp³-hybridized carbons (Fsp3) is 0.440. The third-order valence-electron chi connectivity index (χ3n) is 4.30. The summed E-state index contributed by atoms with van der Waals surface area (Å²) in [6.07, 6.45) is 1.50. The van der Waals surface area contributed by atoms with E-state index in [0.717, 1.165) is 12.8 Å². The van der Waals surface area contributed by atoms with Gasteiger partial charge in [0.25, 0.3) is 5.24 Å². The van der Waals surface area contributed by atoms with Gasteiger partial charge in [-0.3, -0.25) is 4.79 Å². The summed E-state index contributed by atoms with van der Waals surface area (Å²) >= 11 is 5.40. The van der Waals surface area contributed by atoms with Crippen molar-refractivity contribution in [2.24, 2.45) is 0 Å². The van der Waals surface area contributed by atoms with E-state index in [1.54, 1.807) is 45.6 Å². The van der Waals surface area contributed by atoms with Crippen molar-refractivity contribution in [3.8, 4) is 23.0 Å². The normalized spacial score (nSPS) is 9.74. The van der Waals surface area contributed by atoms with Crippen molar-refractivity contribution in [2.75, 3.05) is 54.9 Å². The van der Waals surface area contributed by atoms with Crippen molar-refractivity contribution in [2.45, 2.75) is 20.3 Å². The summed E-state index contributed by atoms with van der Waals surface area (Å²) in [5.41, 5.74) is 0.557. The van der Waals surface area contributed by atoms with Crippen LogP contribution in [0.3, 0.4) is 0 Å². The molecule has 0 radical (unpaired) electrons. The Labute approximate surface area is 211 Å². The molecule has 0 bridgehead atoms. The average molecular weight is 515 g/mol. The molecule has 35 heavy (non-hydrogen) atoms. The molecule has 0 atom stereocenters. The van der Waals surface area contributed by atoms with Crippen LogP contribution >= 0.6 is 11.6 Å². The first-order valence-electron chi connectivity index (χ1n) is 10.4. The fourth-order valence-corrected chi connectivity index (χ4v) is 2.72. The Bertz CT molecular complexity index is 829. The number of rotatable bonds is 14. The van der Waals surface area contributed by atoms with Gasteiger partial charge in [-0.2, -0.15) is 0 Å². The van der Waals surface area contributed by atoms with Crippen molar-refractivity contribution < 1.29 is 43.1 Å². The lowest BCUT2D eigenvalue weighted by Crippen LogP contribution is -2.04. The van der Waals surface area contributed by atoms with Gasteiger partial charge in [0.05, 0.1) is 33.0 Å². The van der Waals surface area contributed by atoms with E-state index in [-0.39, 0.29) is 13.0 Å². The third kappa shape index (κ3) is 11.8. The summed E-state index contributed by atoms with van der Waals surface area (Å²) in [6.45, 7) is 2.16. The number of carbonyl (C=O) groups excluding carboxylic acids is 1. The number of aromatic carboxylic acids is 1. The van der Waals surface area contributed by atoms with Gasteiger partial charge in [-0.25, -0.2) is 4.79 Å². The second kappa shape index (κ2) is 18.3. The first-order valence-corrected chi connectivity index (χ1v) is 10.8. The van der Waals surface area contributed by atoms with Gasteiger partial charge in [0.1, 0.15) is 0 Å². The summed E-state index contributed by atoms with van der Waals surface area (Å²) in [6, 6.07) is 9.32. The van der Waals surface area contributed by atoms with Gasteiger partial charge in [-0.15, -0.1) is 0 Å². The molecule has 0 aliphatic rings. The SMILES string of the molecule is C.COCCCOc1cc(C(=O)Cl)ccc1OC.COCCCOc1cc(C(=O)O)ccc1OC. The van der Waals surface area contributed by atoms with Crippen molar-refractivity contribution in [1.82, 2.24) is 0 Å². The Kier molecular flexibility index (Phi) is 16.8. The number of ether oxygens (including phenoxy) is 6. The standard InChI is InChI=1S/C12H15ClO4.C12H16O5.CH4/c2*1-15-6-3-7-17-11-8-9(12(13)14)4-5-10(11)16-2;/h4-5,8H,3,6-7H2,1-2H3;4-5,8H,3,6-7H2,1-2H3,(H,13,14);1H4. The van der Waals surface area contributed by atoms with E-state index in [4.69, 9.17) is 45.1 Å². The Morgan fingerprint density at radius 2 is 1.14 bits per heavy atom. The number of hydrogen-bond acceptors (Lipinski definition) is 8. The number of methoxy groups -OCH3 is 4. The van der Waals surface area contributed by atoms with E-state index >= 15 is 0 Å². The summed E-state index contributed by atoms with van der Waals surface area (Å²) in [4.78, 5) is 21.8. The number of carboxylic acids is 1. The van der Waals surface area contributed by atoms with Crippen LogP contribution in [0.2, 0.25) is 0 Å². The molecule has 0 aromatic heterocycles. The second-order valence-electron chi connectivity index (χ2n) is 6.70. The van der Waals surface area contributed by atoms with Gasteiger partial charge in [-0.05, 0) is 48.0 Å². The van der Waals surface area contributed by atoms with E-state index in [2.05, 4.69) is 0 Å². The van der Waals surface area contributed by atoms with E-state index in [0.29, 0.717) is 55.0 Å². The molecule has 0 saturated heterocycles. The molecule has 0 aliphatic carbocycles. The predicted octanol–water partition coefficient (Wildman–Crippen LogP) is 4.93. The second-order valence-corrected chi connectivity index (χ2v) is 7.04. The molecule has 2 aromatic carbocycles. The number of benzene rings is 2. The lowest BCUT2D eigenvalue weighted by atomic mass is 10.2. The molecular weight excluding hydrogens is 480 g/mol. The van der Waals surface area contributed by atoms with Crippen LogP contribution in [-0.2, 0) is 9.47 Å². The van der Waals surface area contributed by atoms with Gasteiger partial charge in [0, 0.05) is 45.8 Å². The molecule has 0 amide bonds. The van der Waals surface area contributed by atoms with Crippen LogP contribution in [-0.4, -0.2) is 71.2 Å². The van der Waals surface area contributed by atoms with Crippen LogP contribution in [0.15, 0.2) is 36.4 Å². The van der Waals surface area contributed by atoms with Crippen LogP contribution in [0.4, 0.5) is 0 Å². The largest absolute Gasteiger partial charge is 0.493 e. The molecule has 0 fully saturated rings. The molecule has 0 unspecified atom stereocenters. The zero-order valence-electron chi connectivity index (χ0n) is 19.8. The van der Waals surface area contributed by atoms with Crippen molar-refractivity contribution in [3.63, 3.8) is 0 Å². The van der Waals surface area contributed by atoms with E-state index in [9.17, 15) is 9.59 Å². The summed E-state index contributed by atoms with van der Waals surface area (Å²) in [5.74, 6) is 1.05. The van der Waals surface area contributed by atoms with Crippen molar-refractivity contribution in [1.29, 1.82) is 0 Å². The first kappa shape index (κ1) is 32.0. The van der Waals surface area contributed by atoms with Gasteiger partial charge in [-0.1, -0.05) is 7.43 Å². The predicted molar refractivity (Wildman–Crippen MR) is 134 cm³/mol. The molecule has 10 heteroatoms. The van der Waals surface area contributed by atoms with Crippen LogP contribution in [0.5, 0.6) is 23.0 Å². The number of halogens is 1.